The van der Waals surface area contributed by atoms with Crippen molar-refractivity contribution in [2.75, 3.05) is 30.5 Å². The van der Waals surface area contributed by atoms with Crippen molar-refractivity contribution in [3.05, 3.63) is 89.4 Å². The van der Waals surface area contributed by atoms with E-state index in [1.807, 2.05) is 44.2 Å². The summed E-state index contributed by atoms with van der Waals surface area (Å²) in [7, 11) is -4.17. The quantitative estimate of drug-likeness (QED) is 0.290. The van der Waals surface area contributed by atoms with Gasteiger partial charge >= 0.3 is 0 Å². The van der Waals surface area contributed by atoms with Crippen LogP contribution in [0.1, 0.15) is 32.8 Å². The number of anilines is 1. The summed E-state index contributed by atoms with van der Waals surface area (Å²) in [6, 6.07) is 21.1. The molecule has 3 aromatic carbocycles. The summed E-state index contributed by atoms with van der Waals surface area (Å²) in [6.45, 7) is 6.13. The lowest BCUT2D eigenvalue weighted by Crippen LogP contribution is -2.52. The van der Waals surface area contributed by atoms with Crippen LogP contribution >= 0.6 is 11.6 Å². The van der Waals surface area contributed by atoms with E-state index in [4.69, 9.17) is 16.3 Å². The highest BCUT2D eigenvalue weighted by atomic mass is 35.5. The van der Waals surface area contributed by atoms with E-state index in [2.05, 4.69) is 5.32 Å². The van der Waals surface area contributed by atoms with Crippen LogP contribution in [0.15, 0.2) is 83.8 Å². The van der Waals surface area contributed by atoms with Gasteiger partial charge in [-0.15, -0.1) is 0 Å². The Kier molecular flexibility index (Phi) is 11.4. The third-order valence-electron chi connectivity index (χ3n) is 6.32. The molecule has 0 radical (unpaired) electrons. The molecule has 0 aliphatic rings. The van der Waals surface area contributed by atoms with E-state index in [0.29, 0.717) is 30.3 Å². The number of ether oxygens (including phenoxy) is 1. The summed E-state index contributed by atoms with van der Waals surface area (Å²) in [5, 5.41) is 3.23. The van der Waals surface area contributed by atoms with E-state index in [1.165, 1.54) is 29.2 Å². The second-order valence-corrected chi connectivity index (χ2v) is 11.5. The molecule has 0 fully saturated rings. The van der Waals surface area contributed by atoms with Crippen LogP contribution in [0.2, 0.25) is 5.02 Å². The van der Waals surface area contributed by atoms with Gasteiger partial charge in [0.1, 0.15) is 18.3 Å². The van der Waals surface area contributed by atoms with E-state index < -0.39 is 28.5 Å². The van der Waals surface area contributed by atoms with Crippen LogP contribution in [-0.4, -0.2) is 57.4 Å². The molecule has 8 nitrogen and oxygen atoms in total. The SMILES string of the molecule is CCCNC(=O)[C@H](C)N(CCc1ccccc1)C(=O)CN(c1ccc(OCC)cc1)S(=O)(=O)c1ccc(Cl)cc1. The van der Waals surface area contributed by atoms with Crippen LogP contribution in [0.25, 0.3) is 0 Å². The summed E-state index contributed by atoms with van der Waals surface area (Å²) in [5.74, 6) is -0.218. The Bertz CT molecular complexity index is 1350. The van der Waals surface area contributed by atoms with Gasteiger partial charge in [0.05, 0.1) is 17.2 Å². The molecule has 1 atom stereocenters. The topological polar surface area (TPSA) is 96.0 Å². The zero-order valence-electron chi connectivity index (χ0n) is 23.0. The predicted octanol–water partition coefficient (Wildman–Crippen LogP) is 4.92. The molecular weight excluding hydrogens is 550 g/mol. The Morgan fingerprint density at radius 1 is 0.950 bits per heavy atom. The number of carbonyl (C=O) groups is 2. The first kappa shape index (κ1) is 31.0. The first-order chi connectivity index (χ1) is 19.2. The average Bonchev–Trinajstić information content (AvgIpc) is 2.96. The molecule has 1 N–H and O–H groups in total. The Hall–Kier alpha value is -3.56. The summed E-state index contributed by atoms with van der Waals surface area (Å²) >= 11 is 6.00. The van der Waals surface area contributed by atoms with Gasteiger partial charge in [0, 0.05) is 18.1 Å². The number of nitrogens with zero attached hydrogens (tertiary/aromatic N) is 2. The molecule has 10 heteroatoms. The molecule has 0 aliphatic carbocycles. The normalized spacial score (nSPS) is 11.9. The molecule has 0 saturated carbocycles. The van der Waals surface area contributed by atoms with E-state index in [0.717, 1.165) is 16.3 Å². The summed E-state index contributed by atoms with van der Waals surface area (Å²) in [6.07, 6.45) is 1.26. The maximum atomic E-state index is 13.9. The Labute approximate surface area is 241 Å². The number of carbonyl (C=O) groups excluding carboxylic acids is 2. The van der Waals surface area contributed by atoms with E-state index in [-0.39, 0.29) is 23.0 Å². The number of benzene rings is 3. The van der Waals surface area contributed by atoms with Gasteiger partial charge in [0.25, 0.3) is 10.0 Å². The minimum atomic E-state index is -4.17. The minimum Gasteiger partial charge on any atom is -0.494 e. The molecule has 0 spiro atoms. The van der Waals surface area contributed by atoms with Crippen molar-refractivity contribution in [1.82, 2.24) is 10.2 Å². The van der Waals surface area contributed by atoms with Gasteiger partial charge in [-0.2, -0.15) is 0 Å². The van der Waals surface area contributed by atoms with Crippen LogP contribution in [0, 0.1) is 0 Å². The van der Waals surface area contributed by atoms with Crippen molar-refractivity contribution in [1.29, 1.82) is 0 Å². The van der Waals surface area contributed by atoms with Crippen molar-refractivity contribution in [3.8, 4) is 5.75 Å². The lowest BCUT2D eigenvalue weighted by molar-refractivity contribution is -0.138. The summed E-state index contributed by atoms with van der Waals surface area (Å²) < 4.78 is 34.2. The predicted molar refractivity (Wildman–Crippen MR) is 158 cm³/mol. The average molecular weight is 586 g/mol. The third kappa shape index (κ3) is 8.22. The molecule has 0 heterocycles. The van der Waals surface area contributed by atoms with Crippen LogP contribution in [0.5, 0.6) is 5.75 Å². The van der Waals surface area contributed by atoms with Crippen LogP contribution in [0.3, 0.4) is 0 Å². The lowest BCUT2D eigenvalue weighted by atomic mass is 10.1. The number of hydrogen-bond donors (Lipinski definition) is 1. The second kappa shape index (κ2) is 14.7. The first-order valence-electron chi connectivity index (χ1n) is 13.3. The maximum absolute atomic E-state index is 13.9. The lowest BCUT2D eigenvalue weighted by Gasteiger charge is -2.32. The Balaban J connectivity index is 1.97. The van der Waals surface area contributed by atoms with Crippen LogP contribution in [-0.2, 0) is 26.0 Å². The number of sulfonamides is 1. The fraction of sp³-hybridized carbons (Fsp3) is 0.333. The number of nitrogens with one attached hydrogen (secondary N) is 1. The summed E-state index contributed by atoms with van der Waals surface area (Å²) in [5.41, 5.74) is 1.29. The molecule has 0 unspecified atom stereocenters. The Morgan fingerprint density at radius 3 is 2.20 bits per heavy atom. The fourth-order valence-corrected chi connectivity index (χ4v) is 5.64. The van der Waals surface area contributed by atoms with Gasteiger partial charge in [0.15, 0.2) is 0 Å². The zero-order valence-corrected chi connectivity index (χ0v) is 24.6. The molecule has 0 saturated heterocycles. The smallest absolute Gasteiger partial charge is 0.264 e. The van der Waals surface area contributed by atoms with E-state index >= 15 is 0 Å². The van der Waals surface area contributed by atoms with E-state index in [9.17, 15) is 18.0 Å². The van der Waals surface area contributed by atoms with Gasteiger partial charge in [-0.05, 0) is 80.8 Å². The fourth-order valence-electron chi connectivity index (χ4n) is 4.10. The number of halogens is 1. The van der Waals surface area contributed by atoms with Crippen molar-refractivity contribution in [2.24, 2.45) is 0 Å². The van der Waals surface area contributed by atoms with Gasteiger partial charge in [0.2, 0.25) is 11.8 Å². The molecule has 2 amide bonds. The molecule has 40 heavy (non-hydrogen) atoms. The zero-order chi connectivity index (χ0) is 29.1. The monoisotopic (exact) mass is 585 g/mol. The highest BCUT2D eigenvalue weighted by molar-refractivity contribution is 7.92. The standard InChI is InChI=1S/C30H36ClN3O5S/c1-4-20-32-30(36)23(3)33(21-19-24-9-7-6-8-10-24)29(35)22-34(26-13-15-27(16-14-26)39-5-2)40(37,38)28-17-11-25(31)12-18-28/h6-18,23H,4-5,19-22H2,1-3H3,(H,32,36)/t23-/m0/s1. The molecular formula is C30H36ClN3O5S. The molecule has 0 bridgehead atoms. The van der Waals surface area contributed by atoms with Crippen LogP contribution < -0.4 is 14.4 Å². The highest BCUT2D eigenvalue weighted by Gasteiger charge is 2.32. The molecule has 3 aromatic rings. The summed E-state index contributed by atoms with van der Waals surface area (Å²) in [4.78, 5) is 28.2. The van der Waals surface area contributed by atoms with Crippen molar-refractivity contribution in [2.45, 2.75) is 44.6 Å². The number of amides is 2. The van der Waals surface area contributed by atoms with E-state index in [1.54, 1.807) is 31.2 Å². The molecule has 3 rings (SSSR count). The molecule has 214 valence electrons. The van der Waals surface area contributed by atoms with Gasteiger partial charge in [-0.3, -0.25) is 13.9 Å². The van der Waals surface area contributed by atoms with Crippen molar-refractivity contribution < 1.29 is 22.7 Å². The second-order valence-electron chi connectivity index (χ2n) is 9.18. The van der Waals surface area contributed by atoms with Gasteiger partial charge in [-0.1, -0.05) is 48.9 Å². The number of rotatable bonds is 14. The minimum absolute atomic E-state index is 0.0110. The Morgan fingerprint density at radius 2 is 1.60 bits per heavy atom. The van der Waals surface area contributed by atoms with Crippen molar-refractivity contribution in [3.63, 3.8) is 0 Å². The first-order valence-corrected chi connectivity index (χ1v) is 15.1. The number of hydrogen-bond acceptors (Lipinski definition) is 5. The van der Waals surface area contributed by atoms with Gasteiger partial charge in [-0.25, -0.2) is 8.42 Å². The maximum Gasteiger partial charge on any atom is 0.264 e. The van der Waals surface area contributed by atoms with Crippen LogP contribution in [0.4, 0.5) is 5.69 Å². The molecule has 0 aromatic heterocycles. The highest BCUT2D eigenvalue weighted by Crippen LogP contribution is 2.27. The third-order valence-corrected chi connectivity index (χ3v) is 8.36. The van der Waals surface area contributed by atoms with Gasteiger partial charge < -0.3 is 15.0 Å². The largest absolute Gasteiger partial charge is 0.494 e. The molecule has 0 aliphatic heterocycles. The van der Waals surface area contributed by atoms with Crippen molar-refractivity contribution >= 4 is 39.1 Å².